The third-order valence-electron chi connectivity index (χ3n) is 2.10. The first-order valence-corrected chi connectivity index (χ1v) is 6.40. The summed E-state index contributed by atoms with van der Waals surface area (Å²) in [6.07, 6.45) is -1.38. The van der Waals surface area contributed by atoms with Crippen LogP contribution >= 0.6 is 34.2 Å². The highest BCUT2D eigenvalue weighted by molar-refractivity contribution is 14.1. The fraction of sp³-hybridized carbons (Fsp3) is 0.273. The number of esters is 1. The minimum absolute atomic E-state index is 0.214. The maximum absolute atomic E-state index is 11.8. The van der Waals surface area contributed by atoms with Crippen LogP contribution < -0.4 is 5.32 Å². The van der Waals surface area contributed by atoms with Crippen LogP contribution in [0.3, 0.4) is 0 Å². The maximum atomic E-state index is 11.8. The lowest BCUT2D eigenvalue weighted by Gasteiger charge is -2.10. The van der Waals surface area contributed by atoms with Crippen molar-refractivity contribution in [3.63, 3.8) is 0 Å². The molecule has 1 amide bonds. The van der Waals surface area contributed by atoms with E-state index in [0.717, 1.165) is 10.7 Å². The molecular formula is C11H11ClINO4. The zero-order chi connectivity index (χ0) is 13.7. The van der Waals surface area contributed by atoms with Gasteiger partial charge in [0.1, 0.15) is 0 Å². The number of ether oxygens (including phenoxy) is 1. The van der Waals surface area contributed by atoms with Gasteiger partial charge in [-0.25, -0.2) is 4.79 Å². The Hall–Kier alpha value is -0.860. The zero-order valence-corrected chi connectivity index (χ0v) is 12.4. The summed E-state index contributed by atoms with van der Waals surface area (Å²) in [4.78, 5) is 22.7. The van der Waals surface area contributed by atoms with Gasteiger partial charge >= 0.3 is 5.97 Å². The second-order valence-corrected chi connectivity index (χ2v) is 4.97. The summed E-state index contributed by atoms with van der Waals surface area (Å²) in [6, 6.07) is 4.89. The van der Waals surface area contributed by atoms with Gasteiger partial charge in [-0.15, -0.1) is 0 Å². The predicted octanol–water partition coefficient (Wildman–Crippen LogP) is 1.21. The van der Waals surface area contributed by atoms with Gasteiger partial charge in [-0.1, -0.05) is 11.6 Å². The van der Waals surface area contributed by atoms with Gasteiger partial charge in [0, 0.05) is 8.59 Å². The Bertz CT molecular complexity index is 466. The minimum Gasteiger partial charge on any atom is -0.467 e. The van der Waals surface area contributed by atoms with E-state index in [-0.39, 0.29) is 6.54 Å². The molecule has 0 heterocycles. The van der Waals surface area contributed by atoms with Crippen LogP contribution in [0.15, 0.2) is 18.2 Å². The third-order valence-corrected chi connectivity index (χ3v) is 3.28. The SMILES string of the molecule is COC(=O)C(O)CNC(=O)c1cc(Cl)ccc1I. The Morgan fingerprint density at radius 2 is 2.22 bits per heavy atom. The van der Waals surface area contributed by atoms with E-state index in [1.54, 1.807) is 12.1 Å². The first-order valence-electron chi connectivity index (χ1n) is 4.95. The molecule has 0 aromatic heterocycles. The Labute approximate surface area is 123 Å². The first kappa shape index (κ1) is 15.2. The highest BCUT2D eigenvalue weighted by atomic mass is 127. The number of carbonyl (C=O) groups excluding carboxylic acids is 2. The van der Waals surface area contributed by atoms with E-state index in [1.807, 2.05) is 22.6 Å². The molecule has 0 saturated carbocycles. The van der Waals surface area contributed by atoms with Gasteiger partial charge in [0.2, 0.25) is 0 Å². The molecule has 1 aromatic rings. The van der Waals surface area contributed by atoms with Crippen molar-refractivity contribution in [3.05, 3.63) is 32.4 Å². The number of aliphatic hydroxyl groups excluding tert-OH is 1. The predicted molar refractivity (Wildman–Crippen MR) is 74.5 cm³/mol. The molecule has 0 radical (unpaired) electrons. The summed E-state index contributed by atoms with van der Waals surface area (Å²) >= 11 is 7.79. The highest BCUT2D eigenvalue weighted by Gasteiger charge is 2.17. The lowest BCUT2D eigenvalue weighted by atomic mass is 10.2. The number of amides is 1. The number of carbonyl (C=O) groups is 2. The fourth-order valence-corrected chi connectivity index (χ4v) is 1.93. The molecule has 1 aromatic carbocycles. The first-order chi connectivity index (χ1) is 8.45. The van der Waals surface area contributed by atoms with Crippen molar-refractivity contribution in [3.8, 4) is 0 Å². The average Bonchev–Trinajstić information content (AvgIpc) is 2.37. The smallest absolute Gasteiger partial charge is 0.336 e. The van der Waals surface area contributed by atoms with Crippen LogP contribution in [0.4, 0.5) is 0 Å². The molecule has 98 valence electrons. The maximum Gasteiger partial charge on any atom is 0.336 e. The minimum atomic E-state index is -1.38. The third kappa shape index (κ3) is 4.11. The molecule has 1 rings (SSSR count). The summed E-state index contributed by atoms with van der Waals surface area (Å²) in [5.41, 5.74) is 0.389. The van der Waals surface area contributed by atoms with E-state index in [2.05, 4.69) is 10.1 Å². The molecule has 5 nitrogen and oxygen atoms in total. The van der Waals surface area contributed by atoms with Crippen LogP contribution in [0, 0.1) is 3.57 Å². The molecule has 1 atom stereocenters. The highest BCUT2D eigenvalue weighted by Crippen LogP contribution is 2.17. The van der Waals surface area contributed by atoms with Crippen LogP contribution in [0.2, 0.25) is 5.02 Å². The number of aliphatic hydroxyl groups is 1. The van der Waals surface area contributed by atoms with E-state index in [9.17, 15) is 14.7 Å². The van der Waals surface area contributed by atoms with Gasteiger partial charge < -0.3 is 15.2 Å². The Kier molecular flexibility index (Phi) is 5.83. The van der Waals surface area contributed by atoms with Crippen molar-refractivity contribution in [2.45, 2.75) is 6.10 Å². The number of methoxy groups -OCH3 is 1. The summed E-state index contributed by atoms with van der Waals surface area (Å²) < 4.78 is 5.05. The number of hydrogen-bond donors (Lipinski definition) is 2. The van der Waals surface area contributed by atoms with Crippen molar-refractivity contribution >= 4 is 46.1 Å². The van der Waals surface area contributed by atoms with E-state index in [4.69, 9.17) is 11.6 Å². The average molecular weight is 384 g/mol. The molecule has 0 spiro atoms. The van der Waals surface area contributed by atoms with Crippen molar-refractivity contribution < 1.29 is 19.4 Å². The van der Waals surface area contributed by atoms with Crippen molar-refractivity contribution in [2.24, 2.45) is 0 Å². The zero-order valence-electron chi connectivity index (χ0n) is 9.44. The normalized spacial score (nSPS) is 11.8. The molecule has 2 N–H and O–H groups in total. The number of nitrogens with one attached hydrogen (secondary N) is 1. The van der Waals surface area contributed by atoms with E-state index in [1.165, 1.54) is 6.07 Å². The fourth-order valence-electron chi connectivity index (χ4n) is 1.18. The van der Waals surface area contributed by atoms with E-state index < -0.39 is 18.0 Å². The molecule has 0 aliphatic heterocycles. The van der Waals surface area contributed by atoms with Crippen LogP contribution in [0.5, 0.6) is 0 Å². The Balaban J connectivity index is 2.66. The standard InChI is InChI=1S/C11H11ClINO4/c1-18-11(17)9(15)5-14-10(16)7-4-6(12)2-3-8(7)13/h2-4,9,15H,5H2,1H3,(H,14,16). The van der Waals surface area contributed by atoms with Crippen LogP contribution in [0.25, 0.3) is 0 Å². The monoisotopic (exact) mass is 383 g/mol. The second kappa shape index (κ2) is 6.91. The molecule has 0 saturated heterocycles. The van der Waals surface area contributed by atoms with Crippen molar-refractivity contribution in [1.82, 2.24) is 5.32 Å². The van der Waals surface area contributed by atoms with Gasteiger partial charge in [-0.05, 0) is 40.8 Å². The number of halogens is 2. The largest absolute Gasteiger partial charge is 0.467 e. The molecule has 0 bridgehead atoms. The number of benzene rings is 1. The van der Waals surface area contributed by atoms with Gasteiger partial charge in [-0.3, -0.25) is 4.79 Å². The quantitative estimate of drug-likeness (QED) is 0.605. The molecule has 1 unspecified atom stereocenters. The molecule has 0 aliphatic rings. The topological polar surface area (TPSA) is 75.6 Å². The Morgan fingerprint density at radius 1 is 1.56 bits per heavy atom. The van der Waals surface area contributed by atoms with E-state index in [0.29, 0.717) is 10.6 Å². The van der Waals surface area contributed by atoms with Gasteiger partial charge in [-0.2, -0.15) is 0 Å². The lowest BCUT2D eigenvalue weighted by molar-refractivity contribution is -0.149. The number of hydrogen-bond acceptors (Lipinski definition) is 4. The second-order valence-electron chi connectivity index (χ2n) is 3.37. The van der Waals surface area contributed by atoms with Crippen molar-refractivity contribution in [2.75, 3.05) is 13.7 Å². The molecule has 7 heteroatoms. The van der Waals surface area contributed by atoms with Gasteiger partial charge in [0.05, 0.1) is 19.2 Å². The summed E-state index contributed by atoms with van der Waals surface area (Å²) in [5.74, 6) is -1.21. The molecule has 0 aliphatic carbocycles. The van der Waals surface area contributed by atoms with E-state index >= 15 is 0 Å². The van der Waals surface area contributed by atoms with Crippen LogP contribution in [-0.4, -0.2) is 36.7 Å². The molecular weight excluding hydrogens is 372 g/mol. The Morgan fingerprint density at radius 3 is 2.83 bits per heavy atom. The molecule has 18 heavy (non-hydrogen) atoms. The lowest BCUT2D eigenvalue weighted by Crippen LogP contribution is -2.37. The van der Waals surface area contributed by atoms with Crippen LogP contribution in [0.1, 0.15) is 10.4 Å². The van der Waals surface area contributed by atoms with Crippen molar-refractivity contribution in [1.29, 1.82) is 0 Å². The number of rotatable bonds is 4. The summed E-state index contributed by atoms with van der Waals surface area (Å²) in [7, 11) is 1.16. The summed E-state index contributed by atoms with van der Waals surface area (Å²) in [6.45, 7) is -0.214. The summed E-state index contributed by atoms with van der Waals surface area (Å²) in [5, 5.41) is 12.2. The molecule has 0 fully saturated rings. The van der Waals surface area contributed by atoms with Gasteiger partial charge in [0.25, 0.3) is 5.91 Å². The van der Waals surface area contributed by atoms with Crippen LogP contribution in [-0.2, 0) is 9.53 Å². The van der Waals surface area contributed by atoms with Gasteiger partial charge in [0.15, 0.2) is 6.10 Å².